The van der Waals surface area contributed by atoms with E-state index in [0.717, 1.165) is 11.1 Å². The summed E-state index contributed by atoms with van der Waals surface area (Å²) in [5, 5.41) is 0. The predicted molar refractivity (Wildman–Crippen MR) is 90.8 cm³/mol. The number of esters is 1. The Morgan fingerprint density at radius 2 is 1.61 bits per heavy atom. The van der Waals surface area contributed by atoms with Crippen molar-refractivity contribution in [3.05, 3.63) is 83.4 Å². The molecule has 0 heterocycles. The Bertz CT molecular complexity index is 716. The highest BCUT2D eigenvalue weighted by Crippen LogP contribution is 2.17. The summed E-state index contributed by atoms with van der Waals surface area (Å²) >= 11 is 0. The number of hydrogen-bond donors (Lipinski definition) is 0. The maximum Gasteiger partial charge on any atom is 0.338 e. The van der Waals surface area contributed by atoms with Gasteiger partial charge in [-0.3, -0.25) is 4.79 Å². The summed E-state index contributed by atoms with van der Waals surface area (Å²) < 4.78 is 5.03. The summed E-state index contributed by atoms with van der Waals surface area (Å²) in [6, 6.07) is 14.6. The van der Waals surface area contributed by atoms with Gasteiger partial charge in [0, 0.05) is 12.0 Å². The van der Waals surface area contributed by atoms with E-state index in [1.54, 1.807) is 31.2 Å². The van der Waals surface area contributed by atoms with Gasteiger partial charge in [-0.2, -0.15) is 0 Å². The molecule has 0 fully saturated rings. The van der Waals surface area contributed by atoms with E-state index in [0.29, 0.717) is 17.5 Å². The first-order valence-corrected chi connectivity index (χ1v) is 7.64. The zero-order valence-electron chi connectivity index (χ0n) is 13.2. The lowest BCUT2D eigenvalue weighted by atomic mass is 9.95. The molecule has 0 aromatic heterocycles. The number of benzene rings is 2. The number of ether oxygens (including phenoxy) is 1. The minimum absolute atomic E-state index is 0.0924. The number of Topliss-reactive ketones (excluding diaryl/α,β-unsaturated/α-hetero) is 1. The molecule has 0 aliphatic rings. The van der Waals surface area contributed by atoms with Crippen LogP contribution >= 0.6 is 0 Å². The highest BCUT2D eigenvalue weighted by Gasteiger charge is 2.18. The van der Waals surface area contributed by atoms with Crippen molar-refractivity contribution in [1.82, 2.24) is 0 Å². The van der Waals surface area contributed by atoms with Crippen molar-refractivity contribution in [3.8, 4) is 0 Å². The number of carbonyl (C=O) groups is 2. The molecule has 2 rings (SSSR count). The molecule has 0 atom stereocenters. The van der Waals surface area contributed by atoms with Crippen LogP contribution in [0.15, 0.2) is 61.2 Å². The fourth-order valence-corrected chi connectivity index (χ4v) is 2.47. The topological polar surface area (TPSA) is 43.4 Å². The first-order valence-electron chi connectivity index (χ1n) is 7.64. The van der Waals surface area contributed by atoms with E-state index in [1.165, 1.54) is 0 Å². The molecule has 0 spiro atoms. The lowest BCUT2D eigenvalue weighted by Crippen LogP contribution is -2.14. The van der Waals surface area contributed by atoms with Crippen LogP contribution in [-0.2, 0) is 17.6 Å². The number of carbonyl (C=O) groups excluding carboxylic acids is 2. The maximum absolute atomic E-state index is 12.7. The molecule has 0 radical (unpaired) electrons. The zero-order valence-corrected chi connectivity index (χ0v) is 13.2. The second-order valence-corrected chi connectivity index (χ2v) is 5.13. The van der Waals surface area contributed by atoms with E-state index in [4.69, 9.17) is 4.74 Å². The summed E-state index contributed by atoms with van der Waals surface area (Å²) in [5.74, 6) is -0.555. The molecule has 118 valence electrons. The minimum atomic E-state index is -0.462. The molecule has 0 saturated carbocycles. The number of allylic oxidation sites excluding steroid dienone is 1. The number of hydrogen-bond acceptors (Lipinski definition) is 3. The van der Waals surface area contributed by atoms with Crippen LogP contribution in [0.25, 0.3) is 0 Å². The standard InChI is InChI=1S/C20H20O3/c1-3-9-15-10-5-6-11-16(15)14-19(21)17-12-7-8-13-18(17)20(22)23-4-2/h3,5-8,10-13H,1,4,9,14H2,2H3. The van der Waals surface area contributed by atoms with Crippen LogP contribution in [0.5, 0.6) is 0 Å². The van der Waals surface area contributed by atoms with Gasteiger partial charge < -0.3 is 4.74 Å². The van der Waals surface area contributed by atoms with Gasteiger partial charge in [-0.1, -0.05) is 48.5 Å². The Hall–Kier alpha value is -2.68. The third-order valence-corrected chi connectivity index (χ3v) is 3.56. The molecule has 0 saturated heterocycles. The van der Waals surface area contributed by atoms with E-state index in [-0.39, 0.29) is 18.8 Å². The fourth-order valence-electron chi connectivity index (χ4n) is 2.47. The average molecular weight is 308 g/mol. The van der Waals surface area contributed by atoms with E-state index in [1.807, 2.05) is 30.3 Å². The SMILES string of the molecule is C=CCc1ccccc1CC(=O)c1ccccc1C(=O)OCC. The van der Waals surface area contributed by atoms with Crippen LogP contribution in [0.4, 0.5) is 0 Å². The normalized spacial score (nSPS) is 10.1. The molecular weight excluding hydrogens is 288 g/mol. The third kappa shape index (κ3) is 4.16. The number of ketones is 1. The lowest BCUT2D eigenvalue weighted by Gasteiger charge is -2.10. The second-order valence-electron chi connectivity index (χ2n) is 5.13. The largest absolute Gasteiger partial charge is 0.462 e. The van der Waals surface area contributed by atoms with E-state index < -0.39 is 5.97 Å². The fraction of sp³-hybridized carbons (Fsp3) is 0.200. The minimum Gasteiger partial charge on any atom is -0.462 e. The second kappa shape index (κ2) is 8.08. The van der Waals surface area contributed by atoms with Gasteiger partial charge in [0.1, 0.15) is 0 Å². The predicted octanol–water partition coefficient (Wildman–Crippen LogP) is 4.02. The Labute approximate surface area is 136 Å². The monoisotopic (exact) mass is 308 g/mol. The molecule has 2 aromatic rings. The quantitative estimate of drug-likeness (QED) is 0.441. The summed E-state index contributed by atoms with van der Waals surface area (Å²) in [6.07, 6.45) is 2.78. The van der Waals surface area contributed by atoms with E-state index in [9.17, 15) is 9.59 Å². The van der Waals surface area contributed by atoms with Crippen LogP contribution in [0.1, 0.15) is 38.8 Å². The average Bonchev–Trinajstić information content (AvgIpc) is 2.57. The molecule has 0 amide bonds. The Morgan fingerprint density at radius 1 is 1.00 bits per heavy atom. The third-order valence-electron chi connectivity index (χ3n) is 3.56. The zero-order chi connectivity index (χ0) is 16.7. The highest BCUT2D eigenvalue weighted by molar-refractivity contribution is 6.07. The van der Waals surface area contributed by atoms with Crippen LogP contribution in [0.2, 0.25) is 0 Å². The van der Waals surface area contributed by atoms with Crippen LogP contribution in [0.3, 0.4) is 0 Å². The summed E-state index contributed by atoms with van der Waals surface area (Å²) in [7, 11) is 0. The number of rotatable bonds is 7. The van der Waals surface area contributed by atoms with Crippen molar-refractivity contribution < 1.29 is 14.3 Å². The molecule has 0 aliphatic heterocycles. The Morgan fingerprint density at radius 3 is 2.26 bits per heavy atom. The van der Waals surface area contributed by atoms with Crippen molar-refractivity contribution in [2.45, 2.75) is 19.8 Å². The van der Waals surface area contributed by atoms with Crippen molar-refractivity contribution in [2.24, 2.45) is 0 Å². The van der Waals surface area contributed by atoms with Gasteiger partial charge in [0.25, 0.3) is 0 Å². The van der Waals surface area contributed by atoms with Gasteiger partial charge in [0.05, 0.1) is 12.2 Å². The molecule has 23 heavy (non-hydrogen) atoms. The first-order chi connectivity index (χ1) is 11.2. The van der Waals surface area contributed by atoms with Gasteiger partial charge in [-0.15, -0.1) is 6.58 Å². The van der Waals surface area contributed by atoms with E-state index in [2.05, 4.69) is 6.58 Å². The van der Waals surface area contributed by atoms with Gasteiger partial charge in [-0.25, -0.2) is 4.79 Å². The van der Waals surface area contributed by atoms with Crippen molar-refractivity contribution in [3.63, 3.8) is 0 Å². The van der Waals surface area contributed by atoms with Crippen molar-refractivity contribution in [2.75, 3.05) is 6.61 Å². The van der Waals surface area contributed by atoms with Crippen LogP contribution in [-0.4, -0.2) is 18.4 Å². The van der Waals surface area contributed by atoms with Gasteiger partial charge >= 0.3 is 5.97 Å². The van der Waals surface area contributed by atoms with Gasteiger partial charge in [0.2, 0.25) is 0 Å². The highest BCUT2D eigenvalue weighted by atomic mass is 16.5. The molecule has 3 heteroatoms. The van der Waals surface area contributed by atoms with Crippen LogP contribution in [0, 0.1) is 0 Å². The molecular formula is C20H20O3. The first kappa shape index (κ1) is 16.7. The molecule has 0 aliphatic carbocycles. The molecule has 2 aromatic carbocycles. The molecule has 3 nitrogen and oxygen atoms in total. The summed E-state index contributed by atoms with van der Waals surface area (Å²) in [6.45, 7) is 5.77. The van der Waals surface area contributed by atoms with Gasteiger partial charge in [0.15, 0.2) is 5.78 Å². The summed E-state index contributed by atoms with van der Waals surface area (Å²) in [4.78, 5) is 24.7. The smallest absolute Gasteiger partial charge is 0.338 e. The van der Waals surface area contributed by atoms with Crippen LogP contribution < -0.4 is 0 Å². The Balaban J connectivity index is 2.28. The summed E-state index contributed by atoms with van der Waals surface area (Å²) in [5.41, 5.74) is 2.75. The maximum atomic E-state index is 12.7. The lowest BCUT2D eigenvalue weighted by molar-refractivity contribution is 0.0523. The van der Waals surface area contributed by atoms with E-state index >= 15 is 0 Å². The Kier molecular flexibility index (Phi) is 5.87. The molecule has 0 bridgehead atoms. The van der Waals surface area contributed by atoms with Crippen molar-refractivity contribution in [1.29, 1.82) is 0 Å². The van der Waals surface area contributed by atoms with Crippen molar-refractivity contribution >= 4 is 11.8 Å². The molecule has 0 unspecified atom stereocenters. The molecule has 0 N–H and O–H groups in total. The van der Waals surface area contributed by atoms with Gasteiger partial charge in [-0.05, 0) is 30.5 Å².